The molecule has 1 aromatic carbocycles. The molecule has 23 heavy (non-hydrogen) atoms. The fraction of sp³-hybridized carbons (Fsp3) is 0. The average molecular weight is 351 g/mol. The molecule has 0 amide bonds. The van der Waals surface area contributed by atoms with Crippen LogP contribution in [0.1, 0.15) is 0 Å². The maximum atomic E-state index is 10.3. The lowest BCUT2D eigenvalue weighted by Crippen LogP contribution is -2.02. The second kappa shape index (κ2) is 9.13. The molecule has 17 heteroatoms. The predicted molar refractivity (Wildman–Crippen MR) is 63.0 cm³/mol. The number of hydrogen-bond acceptors (Lipinski definition) is 4. The van der Waals surface area contributed by atoms with Gasteiger partial charge in [0.2, 0.25) is 10.8 Å². The number of non-ortho nitro benzene ring substituents is 1. The molecule has 0 radical (unpaired) electrons. The zero-order chi connectivity index (χ0) is 18.8. The van der Waals surface area contributed by atoms with Gasteiger partial charge in [0.05, 0.1) is 4.92 Å². The van der Waals surface area contributed by atoms with Crippen LogP contribution in [0.25, 0.3) is 9.95 Å². The monoisotopic (exact) mass is 351 g/mol. The van der Waals surface area contributed by atoms with Crippen LogP contribution in [-0.2, 0) is 0 Å². The lowest BCUT2D eigenvalue weighted by molar-refractivity contribution is -0.384. The number of nitro benzene ring substituents is 1. The Labute approximate surface area is 121 Å². The van der Waals surface area contributed by atoms with E-state index in [2.05, 4.69) is 9.95 Å². The molecular weight excluding hydrogens is 348 g/mol. The van der Waals surface area contributed by atoms with Crippen LogP contribution in [0.15, 0.2) is 18.2 Å². The number of diazo groups is 2. The number of benzene rings is 1. The summed E-state index contributed by atoms with van der Waals surface area (Å²) in [6.07, 6.45) is 0. The van der Waals surface area contributed by atoms with Gasteiger partial charge < -0.3 is 34.5 Å². The molecule has 0 atom stereocenters. The Morgan fingerprint density at radius 3 is 1.48 bits per heavy atom. The zero-order valence-electron chi connectivity index (χ0n) is 10.5. The van der Waals surface area contributed by atoms with Crippen molar-refractivity contribution >= 4 is 31.6 Å². The first-order valence-corrected chi connectivity index (χ1v) is 4.92. The molecule has 0 spiro atoms. The van der Waals surface area contributed by atoms with E-state index < -0.39 is 19.4 Å². The van der Waals surface area contributed by atoms with Crippen molar-refractivity contribution in [3.05, 3.63) is 38.3 Å². The lowest BCUT2D eigenvalue weighted by atomic mass is 10.2. The van der Waals surface area contributed by atoms with Gasteiger partial charge in [0.25, 0.3) is 5.69 Å². The number of nitro groups is 1. The van der Waals surface area contributed by atoms with Crippen LogP contribution in [0.2, 0.25) is 0 Å². The second-order valence-electron chi connectivity index (χ2n) is 3.12. The molecule has 1 rings (SSSR count). The normalized spacial score (nSPS) is 10.0. The van der Waals surface area contributed by atoms with E-state index in [9.17, 15) is 44.6 Å². The average Bonchev–Trinajstić information content (AvgIpc) is 2.33. The van der Waals surface area contributed by atoms with Crippen molar-refractivity contribution in [2.45, 2.75) is 0 Å². The molecular formula is C6H3B2F8N5O2. The molecule has 7 nitrogen and oxygen atoms in total. The first-order valence-electron chi connectivity index (χ1n) is 4.92. The topological polar surface area (TPSA) is 99.4 Å². The standard InChI is InChI=1S/C6H3N5O2.2BF4/c7-9-5-2-1-4(11(12)13)3-6(5)10-8;2*2-1(3,4)5/h1-3H;;/q+2;2*-1. The van der Waals surface area contributed by atoms with Crippen molar-refractivity contribution in [2.75, 3.05) is 0 Å². The maximum Gasteiger partial charge on any atom is 0.673 e. The van der Waals surface area contributed by atoms with E-state index in [1.807, 2.05) is 0 Å². The summed E-state index contributed by atoms with van der Waals surface area (Å²) in [7, 11) is -12.0. The van der Waals surface area contributed by atoms with Crippen LogP contribution in [0.3, 0.4) is 0 Å². The minimum Gasteiger partial charge on any atom is -0.418 e. The van der Waals surface area contributed by atoms with E-state index >= 15 is 0 Å². The third-order valence-corrected chi connectivity index (χ3v) is 1.39. The summed E-state index contributed by atoms with van der Waals surface area (Å²) in [4.78, 5) is 15.1. The second-order valence-corrected chi connectivity index (χ2v) is 3.12. The Morgan fingerprint density at radius 2 is 1.22 bits per heavy atom. The maximum absolute atomic E-state index is 10.3. The van der Waals surface area contributed by atoms with E-state index in [4.69, 9.17) is 10.8 Å². The van der Waals surface area contributed by atoms with Crippen LogP contribution in [-0.4, -0.2) is 19.4 Å². The summed E-state index contributed by atoms with van der Waals surface area (Å²) < 4.78 is 78.0. The highest BCUT2D eigenvalue weighted by Gasteiger charge is 2.28. The third kappa shape index (κ3) is 17.0. The highest BCUT2D eigenvalue weighted by molar-refractivity contribution is 6.50. The molecule has 0 N–H and O–H groups in total. The minimum atomic E-state index is -6.00. The molecule has 0 saturated heterocycles. The fourth-order valence-electron chi connectivity index (χ4n) is 0.790. The van der Waals surface area contributed by atoms with Gasteiger partial charge in [0.1, 0.15) is 6.07 Å². The molecule has 0 aromatic heterocycles. The summed E-state index contributed by atoms with van der Waals surface area (Å²) in [5, 5.41) is 27.0. The summed E-state index contributed by atoms with van der Waals surface area (Å²) in [5.41, 5.74) is -0.426. The number of halogens is 8. The van der Waals surface area contributed by atoms with Crippen LogP contribution in [0, 0.1) is 20.9 Å². The third-order valence-electron chi connectivity index (χ3n) is 1.39. The van der Waals surface area contributed by atoms with Crippen molar-refractivity contribution in [1.82, 2.24) is 0 Å². The first-order chi connectivity index (χ1) is 10.2. The summed E-state index contributed by atoms with van der Waals surface area (Å²) in [6.45, 7) is 0. The summed E-state index contributed by atoms with van der Waals surface area (Å²) >= 11 is 0. The van der Waals surface area contributed by atoms with Gasteiger partial charge in [0, 0.05) is 12.1 Å². The molecule has 0 aliphatic heterocycles. The van der Waals surface area contributed by atoms with Crippen molar-refractivity contribution in [1.29, 1.82) is 10.8 Å². The van der Waals surface area contributed by atoms with Gasteiger partial charge in [0.15, 0.2) is 9.95 Å². The van der Waals surface area contributed by atoms with E-state index in [-0.39, 0.29) is 17.1 Å². The Hall–Kier alpha value is -2.97. The van der Waals surface area contributed by atoms with E-state index in [1.54, 1.807) is 0 Å². The van der Waals surface area contributed by atoms with Gasteiger partial charge in [-0.1, -0.05) is 0 Å². The van der Waals surface area contributed by atoms with Crippen LogP contribution >= 0.6 is 0 Å². The van der Waals surface area contributed by atoms with Crippen molar-refractivity contribution in [2.24, 2.45) is 0 Å². The molecule has 0 aliphatic carbocycles. The van der Waals surface area contributed by atoms with Crippen LogP contribution < -0.4 is 0 Å². The van der Waals surface area contributed by atoms with Gasteiger partial charge in [-0.25, -0.2) is 0 Å². The SMILES string of the molecule is F[B-](F)(F)F.F[B-](F)(F)F.N#[N+]c1ccc([N+](=O)[O-])cc1[N+]#N. The minimum absolute atomic E-state index is 0.0342. The predicted octanol–water partition coefficient (Wildman–Crippen LogP) is 5.16. The molecule has 0 fully saturated rings. The largest absolute Gasteiger partial charge is 0.673 e. The van der Waals surface area contributed by atoms with E-state index in [0.29, 0.717) is 0 Å². The highest BCUT2D eigenvalue weighted by Crippen LogP contribution is 2.31. The number of rotatable bonds is 1. The smallest absolute Gasteiger partial charge is 0.418 e. The van der Waals surface area contributed by atoms with Gasteiger partial charge >= 0.3 is 25.9 Å². The van der Waals surface area contributed by atoms with E-state index in [0.717, 1.165) is 12.1 Å². The number of hydrogen-bond donors (Lipinski definition) is 0. The molecule has 0 aliphatic rings. The molecule has 0 bridgehead atoms. The zero-order valence-corrected chi connectivity index (χ0v) is 10.5. The van der Waals surface area contributed by atoms with Crippen LogP contribution in [0.5, 0.6) is 0 Å². The summed E-state index contributed by atoms with van der Waals surface area (Å²) in [6, 6.07) is 3.31. The Morgan fingerprint density at radius 1 is 0.870 bits per heavy atom. The van der Waals surface area contributed by atoms with Gasteiger partial charge in [-0.2, -0.15) is 0 Å². The Balaban J connectivity index is 0. The molecule has 0 unspecified atom stereocenters. The lowest BCUT2D eigenvalue weighted by Gasteiger charge is -1.94. The van der Waals surface area contributed by atoms with Crippen LogP contribution in [0.4, 0.5) is 51.6 Å². The Bertz CT molecular complexity index is 597. The Kier molecular flexibility index (Phi) is 8.86. The van der Waals surface area contributed by atoms with Crippen molar-refractivity contribution < 1.29 is 39.4 Å². The van der Waals surface area contributed by atoms with E-state index in [1.165, 1.54) is 6.07 Å². The highest BCUT2D eigenvalue weighted by atomic mass is 19.5. The van der Waals surface area contributed by atoms with Crippen molar-refractivity contribution in [3.63, 3.8) is 0 Å². The van der Waals surface area contributed by atoms with Gasteiger partial charge in [-0.3, -0.25) is 10.1 Å². The summed E-state index contributed by atoms with van der Waals surface area (Å²) in [5.74, 6) is 0. The fourth-order valence-corrected chi connectivity index (χ4v) is 0.790. The molecule has 0 saturated carbocycles. The molecule has 126 valence electrons. The van der Waals surface area contributed by atoms with Gasteiger partial charge in [-0.05, 0) is 0 Å². The first kappa shape index (κ1) is 22.3. The molecule has 0 heterocycles. The van der Waals surface area contributed by atoms with Crippen molar-refractivity contribution in [3.8, 4) is 0 Å². The molecule has 1 aromatic rings. The quantitative estimate of drug-likeness (QED) is 0.229. The number of nitrogens with zero attached hydrogens (tertiary/aromatic N) is 5. The van der Waals surface area contributed by atoms with Gasteiger partial charge in [-0.15, -0.1) is 0 Å².